The van der Waals surface area contributed by atoms with Crippen molar-refractivity contribution in [3.63, 3.8) is 0 Å². The number of allylic oxidation sites excluding steroid dienone is 5. The number of carbonyl (C=O) groups excluding carboxylic acids is 2. The fourth-order valence-electron chi connectivity index (χ4n) is 12.8. The van der Waals surface area contributed by atoms with Crippen molar-refractivity contribution in [3.05, 3.63) is 36.5 Å². The van der Waals surface area contributed by atoms with Gasteiger partial charge >= 0.3 is 5.97 Å². The van der Waals surface area contributed by atoms with E-state index in [1.54, 1.807) is 6.08 Å². The standard InChI is InChI=1S/C82H157NO5/c1-3-5-7-9-11-13-15-17-19-21-23-24-33-36-39-42-46-50-54-58-62-66-70-74-80(85)79(78-84)83-81(86)75-71-67-63-59-55-51-47-43-40-37-34-31-29-27-25-26-28-30-32-35-38-41-45-49-53-57-61-65-69-73-77-88-82(87)76-72-68-64-60-56-52-48-44-22-20-18-16-14-12-10-8-6-4-2/h14,16,20,22,70,74,79-80,84-85H,3-13,15,17-19,21,23-69,71-73,75-78H2,1-2H3,(H,83,86)/b16-14-,22-20-,74-70+. The van der Waals surface area contributed by atoms with E-state index in [2.05, 4.69) is 43.5 Å². The van der Waals surface area contributed by atoms with E-state index in [9.17, 15) is 19.8 Å². The summed E-state index contributed by atoms with van der Waals surface area (Å²) >= 11 is 0. The molecule has 0 heterocycles. The summed E-state index contributed by atoms with van der Waals surface area (Å²) < 4.78 is 5.51. The summed E-state index contributed by atoms with van der Waals surface area (Å²) in [6.45, 7) is 4.94. The number of carbonyl (C=O) groups is 2. The first-order valence-corrected chi connectivity index (χ1v) is 40.3. The van der Waals surface area contributed by atoms with E-state index in [4.69, 9.17) is 4.74 Å². The molecule has 0 saturated carbocycles. The van der Waals surface area contributed by atoms with Crippen LogP contribution in [0.15, 0.2) is 36.5 Å². The van der Waals surface area contributed by atoms with Crippen molar-refractivity contribution in [2.45, 2.75) is 463 Å². The topological polar surface area (TPSA) is 95.9 Å². The summed E-state index contributed by atoms with van der Waals surface area (Å²) in [5.74, 6) is -0.0459. The van der Waals surface area contributed by atoms with Gasteiger partial charge in [0.15, 0.2) is 0 Å². The predicted molar refractivity (Wildman–Crippen MR) is 389 cm³/mol. The quantitative estimate of drug-likeness (QED) is 0.0320. The van der Waals surface area contributed by atoms with Gasteiger partial charge in [-0.25, -0.2) is 0 Å². The summed E-state index contributed by atoms with van der Waals surface area (Å²) in [5.41, 5.74) is 0. The van der Waals surface area contributed by atoms with E-state index in [0.717, 1.165) is 51.4 Å². The van der Waals surface area contributed by atoms with Gasteiger partial charge in [0.1, 0.15) is 0 Å². The van der Waals surface area contributed by atoms with Gasteiger partial charge in [0.2, 0.25) is 5.91 Å². The number of esters is 1. The van der Waals surface area contributed by atoms with Gasteiger partial charge in [-0.1, -0.05) is 410 Å². The van der Waals surface area contributed by atoms with Gasteiger partial charge in [-0.2, -0.15) is 0 Å². The zero-order valence-corrected chi connectivity index (χ0v) is 59.7. The molecular weight excluding hydrogens is 1080 g/mol. The van der Waals surface area contributed by atoms with Gasteiger partial charge in [0.05, 0.1) is 25.4 Å². The van der Waals surface area contributed by atoms with Crippen molar-refractivity contribution < 1.29 is 24.5 Å². The van der Waals surface area contributed by atoms with Gasteiger partial charge in [-0.05, 0) is 64.2 Å². The maximum atomic E-state index is 12.6. The Kier molecular flexibility index (Phi) is 75.8. The molecule has 0 aromatic heterocycles. The average molecular weight is 1240 g/mol. The van der Waals surface area contributed by atoms with Gasteiger partial charge in [0, 0.05) is 12.8 Å². The smallest absolute Gasteiger partial charge is 0.305 e. The molecule has 6 nitrogen and oxygen atoms in total. The largest absolute Gasteiger partial charge is 0.466 e. The van der Waals surface area contributed by atoms with Crippen LogP contribution in [0.4, 0.5) is 0 Å². The molecule has 3 N–H and O–H groups in total. The Morgan fingerprint density at radius 1 is 0.318 bits per heavy atom. The number of hydrogen-bond acceptors (Lipinski definition) is 5. The number of unbranched alkanes of at least 4 members (excludes halogenated alkanes) is 61. The molecule has 1 amide bonds. The molecule has 0 aliphatic carbocycles. The molecule has 0 radical (unpaired) electrons. The number of aliphatic hydroxyl groups excluding tert-OH is 2. The second kappa shape index (κ2) is 77.5. The molecule has 0 aliphatic rings. The highest BCUT2D eigenvalue weighted by molar-refractivity contribution is 5.76. The number of hydrogen-bond donors (Lipinski definition) is 3. The summed E-state index contributed by atoms with van der Waals surface area (Å²) in [7, 11) is 0. The first kappa shape index (κ1) is 86.1. The van der Waals surface area contributed by atoms with E-state index in [-0.39, 0.29) is 18.5 Å². The van der Waals surface area contributed by atoms with E-state index >= 15 is 0 Å². The maximum Gasteiger partial charge on any atom is 0.305 e. The predicted octanol–water partition coefficient (Wildman–Crippen LogP) is 26.6. The van der Waals surface area contributed by atoms with Crippen LogP contribution in [0.25, 0.3) is 0 Å². The van der Waals surface area contributed by atoms with Crippen molar-refractivity contribution in [1.29, 1.82) is 0 Å². The lowest BCUT2D eigenvalue weighted by atomic mass is 10.0. The lowest BCUT2D eigenvalue weighted by Gasteiger charge is -2.20. The Labute approximate surface area is 551 Å². The third-order valence-corrected chi connectivity index (χ3v) is 18.9. The molecule has 0 fully saturated rings. The zero-order valence-electron chi connectivity index (χ0n) is 59.7. The number of ether oxygens (including phenoxy) is 1. The summed E-state index contributed by atoms with van der Waals surface area (Å²) in [4.78, 5) is 24.7. The van der Waals surface area contributed by atoms with Crippen LogP contribution in [0.3, 0.4) is 0 Å². The molecule has 2 atom stereocenters. The van der Waals surface area contributed by atoms with Crippen LogP contribution in [-0.4, -0.2) is 47.4 Å². The minimum absolute atomic E-state index is 0.0133. The highest BCUT2D eigenvalue weighted by atomic mass is 16.5. The van der Waals surface area contributed by atoms with Crippen molar-refractivity contribution in [2.24, 2.45) is 0 Å². The lowest BCUT2D eigenvalue weighted by Crippen LogP contribution is -2.45. The molecule has 88 heavy (non-hydrogen) atoms. The summed E-state index contributed by atoms with van der Waals surface area (Å²) in [5, 5.41) is 23.3. The maximum absolute atomic E-state index is 12.6. The summed E-state index contributed by atoms with van der Waals surface area (Å²) in [6.07, 6.45) is 101. The highest BCUT2D eigenvalue weighted by Crippen LogP contribution is 2.20. The van der Waals surface area contributed by atoms with Crippen LogP contribution < -0.4 is 5.32 Å². The molecule has 520 valence electrons. The Bertz CT molecular complexity index is 1430. The van der Waals surface area contributed by atoms with Gasteiger partial charge < -0.3 is 20.3 Å². The molecule has 2 unspecified atom stereocenters. The second-order valence-corrected chi connectivity index (χ2v) is 27.8. The van der Waals surface area contributed by atoms with E-state index in [1.807, 2.05) is 6.08 Å². The number of aliphatic hydroxyl groups is 2. The first-order chi connectivity index (χ1) is 43.5. The van der Waals surface area contributed by atoms with Crippen LogP contribution in [0.2, 0.25) is 0 Å². The molecule has 0 spiro atoms. The second-order valence-electron chi connectivity index (χ2n) is 27.8. The zero-order chi connectivity index (χ0) is 63.5. The Balaban J connectivity index is 3.36. The first-order valence-electron chi connectivity index (χ1n) is 40.3. The molecular formula is C82H157NO5. The minimum atomic E-state index is -0.843. The van der Waals surface area contributed by atoms with E-state index in [0.29, 0.717) is 19.4 Å². The van der Waals surface area contributed by atoms with Gasteiger partial charge in [0.25, 0.3) is 0 Å². The van der Waals surface area contributed by atoms with Gasteiger partial charge in [-0.15, -0.1) is 0 Å². The fraction of sp³-hybridized carbons (Fsp3) is 0.902. The number of nitrogens with one attached hydrogen (secondary N) is 1. The molecule has 0 bridgehead atoms. The van der Waals surface area contributed by atoms with Crippen LogP contribution in [0.5, 0.6) is 0 Å². The van der Waals surface area contributed by atoms with E-state index < -0.39 is 12.1 Å². The molecule has 0 saturated heterocycles. The van der Waals surface area contributed by atoms with Crippen LogP contribution in [0, 0.1) is 0 Å². The highest BCUT2D eigenvalue weighted by Gasteiger charge is 2.18. The minimum Gasteiger partial charge on any atom is -0.466 e. The van der Waals surface area contributed by atoms with Crippen LogP contribution in [-0.2, 0) is 14.3 Å². The number of amides is 1. The van der Waals surface area contributed by atoms with E-state index in [1.165, 1.54) is 372 Å². The normalized spacial score (nSPS) is 12.6. The average Bonchev–Trinajstić information content (AvgIpc) is 3.59. The molecule has 0 aromatic carbocycles. The number of rotatable bonds is 76. The van der Waals surface area contributed by atoms with Crippen molar-refractivity contribution in [2.75, 3.05) is 13.2 Å². The monoisotopic (exact) mass is 1240 g/mol. The SMILES string of the molecule is CCCCCC/C=C\C/C=C\CCCCCCCCCC(=O)OCCCCCCCCCCCCCCCCCCCCCCCCCCCCCCCCC(=O)NC(CO)C(O)/C=C/CCCCCCCCCCCCCCCCCCCCCCC. The Hall–Kier alpha value is -1.92. The van der Waals surface area contributed by atoms with Gasteiger partial charge in [-0.3, -0.25) is 9.59 Å². The molecule has 0 aromatic rings. The third-order valence-electron chi connectivity index (χ3n) is 18.9. The molecule has 0 rings (SSSR count). The van der Waals surface area contributed by atoms with Crippen LogP contribution in [0.1, 0.15) is 450 Å². The molecule has 6 heteroatoms. The Morgan fingerprint density at radius 3 is 0.875 bits per heavy atom. The van der Waals surface area contributed by atoms with Crippen molar-refractivity contribution in [3.8, 4) is 0 Å². The van der Waals surface area contributed by atoms with Crippen molar-refractivity contribution >= 4 is 11.9 Å². The fourth-order valence-corrected chi connectivity index (χ4v) is 12.8. The van der Waals surface area contributed by atoms with Crippen molar-refractivity contribution in [1.82, 2.24) is 5.32 Å². The summed E-state index contributed by atoms with van der Waals surface area (Å²) in [6, 6.07) is -0.626. The third kappa shape index (κ3) is 73.1. The Morgan fingerprint density at radius 2 is 0.568 bits per heavy atom. The molecule has 0 aliphatic heterocycles. The lowest BCUT2D eigenvalue weighted by molar-refractivity contribution is -0.143. The van der Waals surface area contributed by atoms with Crippen LogP contribution >= 0.6 is 0 Å².